The molecule has 0 radical (unpaired) electrons. The molecule has 0 saturated carbocycles. The Kier molecular flexibility index (Phi) is 6.50. The number of benzene rings is 1. The number of urea groups is 1. The number of piperidine rings is 1. The first-order chi connectivity index (χ1) is 11.9. The van der Waals surface area contributed by atoms with Gasteiger partial charge in [0.05, 0.1) is 14.2 Å². The largest absolute Gasteiger partial charge is 0.493 e. The van der Waals surface area contributed by atoms with Gasteiger partial charge >= 0.3 is 6.03 Å². The van der Waals surface area contributed by atoms with Crippen molar-refractivity contribution in [2.45, 2.75) is 38.8 Å². The maximum Gasteiger partial charge on any atom is 0.317 e. The monoisotopic (exact) mass is 349 g/mol. The number of amides is 3. The third-order valence-electron chi connectivity index (χ3n) is 4.18. The van der Waals surface area contributed by atoms with Crippen molar-refractivity contribution < 1.29 is 19.1 Å². The van der Waals surface area contributed by atoms with E-state index < -0.39 is 0 Å². The lowest BCUT2D eigenvalue weighted by Gasteiger charge is -2.33. The minimum Gasteiger partial charge on any atom is -0.493 e. The Hall–Kier alpha value is -2.44. The van der Waals surface area contributed by atoms with E-state index in [-0.39, 0.29) is 24.0 Å². The molecule has 7 heteroatoms. The molecule has 2 N–H and O–H groups in total. The van der Waals surface area contributed by atoms with Crippen LogP contribution < -0.4 is 20.1 Å². The van der Waals surface area contributed by atoms with Gasteiger partial charge in [-0.3, -0.25) is 4.79 Å². The van der Waals surface area contributed by atoms with Crippen molar-refractivity contribution in [2.24, 2.45) is 0 Å². The molecule has 138 valence electrons. The van der Waals surface area contributed by atoms with E-state index in [9.17, 15) is 9.59 Å². The van der Waals surface area contributed by atoms with E-state index in [1.807, 2.05) is 13.8 Å². The molecule has 0 aliphatic carbocycles. The van der Waals surface area contributed by atoms with Crippen molar-refractivity contribution in [1.29, 1.82) is 0 Å². The van der Waals surface area contributed by atoms with E-state index in [1.165, 1.54) is 7.11 Å². The average molecular weight is 349 g/mol. The Bertz CT molecular complexity index is 610. The number of nitrogens with zero attached hydrogens (tertiary/aromatic N) is 1. The highest BCUT2D eigenvalue weighted by molar-refractivity contribution is 5.95. The molecule has 0 aromatic heterocycles. The van der Waals surface area contributed by atoms with Crippen molar-refractivity contribution in [3.05, 3.63) is 23.8 Å². The normalized spacial score (nSPS) is 15.0. The summed E-state index contributed by atoms with van der Waals surface area (Å²) in [5, 5.41) is 5.92. The Balaban J connectivity index is 1.89. The van der Waals surface area contributed by atoms with Crippen LogP contribution in [0.15, 0.2) is 18.2 Å². The molecule has 7 nitrogen and oxygen atoms in total. The van der Waals surface area contributed by atoms with Gasteiger partial charge in [0.15, 0.2) is 11.5 Å². The van der Waals surface area contributed by atoms with Gasteiger partial charge in [0.1, 0.15) is 0 Å². The van der Waals surface area contributed by atoms with Crippen LogP contribution in [0.2, 0.25) is 0 Å². The molecule has 0 atom stereocenters. The number of hydrogen-bond acceptors (Lipinski definition) is 4. The molecule has 1 fully saturated rings. The van der Waals surface area contributed by atoms with Crippen LogP contribution in [-0.4, -0.2) is 56.2 Å². The van der Waals surface area contributed by atoms with Crippen LogP contribution in [0.1, 0.15) is 37.0 Å². The molecule has 0 bridgehead atoms. The minimum atomic E-state index is -0.147. The molecule has 3 amide bonds. The maximum atomic E-state index is 12.4. The fourth-order valence-electron chi connectivity index (χ4n) is 2.81. The summed E-state index contributed by atoms with van der Waals surface area (Å²) in [6.45, 7) is 5.15. The van der Waals surface area contributed by atoms with Crippen LogP contribution in [0, 0.1) is 0 Å². The van der Waals surface area contributed by atoms with Crippen LogP contribution in [0.5, 0.6) is 11.5 Å². The Morgan fingerprint density at radius 3 is 2.32 bits per heavy atom. The van der Waals surface area contributed by atoms with Crippen molar-refractivity contribution in [1.82, 2.24) is 15.5 Å². The third kappa shape index (κ3) is 5.01. The second kappa shape index (κ2) is 8.60. The SMILES string of the molecule is COc1ccc(C(=O)NC2CCN(C(=O)NC(C)C)CC2)cc1OC. The number of ether oxygens (including phenoxy) is 2. The smallest absolute Gasteiger partial charge is 0.317 e. The number of carbonyl (C=O) groups excluding carboxylic acids is 2. The number of hydrogen-bond donors (Lipinski definition) is 2. The Labute approximate surface area is 148 Å². The summed E-state index contributed by atoms with van der Waals surface area (Å²) in [7, 11) is 3.10. The average Bonchev–Trinajstić information content (AvgIpc) is 2.61. The van der Waals surface area contributed by atoms with E-state index in [0.29, 0.717) is 30.2 Å². The van der Waals surface area contributed by atoms with Crippen molar-refractivity contribution >= 4 is 11.9 Å². The summed E-state index contributed by atoms with van der Waals surface area (Å²) in [5.41, 5.74) is 0.526. The predicted molar refractivity (Wildman–Crippen MR) is 95.3 cm³/mol. The Morgan fingerprint density at radius 2 is 1.76 bits per heavy atom. The second-order valence-electron chi connectivity index (χ2n) is 6.41. The molecule has 0 spiro atoms. The van der Waals surface area contributed by atoms with Crippen molar-refractivity contribution in [3.63, 3.8) is 0 Å². The third-order valence-corrected chi connectivity index (χ3v) is 4.18. The van der Waals surface area contributed by atoms with Gasteiger partial charge in [0.2, 0.25) is 0 Å². The van der Waals surface area contributed by atoms with Gasteiger partial charge in [-0.1, -0.05) is 0 Å². The highest BCUT2D eigenvalue weighted by atomic mass is 16.5. The van der Waals surface area contributed by atoms with Gasteiger partial charge in [-0.15, -0.1) is 0 Å². The maximum absolute atomic E-state index is 12.4. The number of rotatable bonds is 5. The lowest BCUT2D eigenvalue weighted by Crippen LogP contribution is -2.50. The first-order valence-electron chi connectivity index (χ1n) is 8.53. The summed E-state index contributed by atoms with van der Waals surface area (Å²) in [6.07, 6.45) is 1.48. The number of carbonyl (C=O) groups is 2. The molecule has 25 heavy (non-hydrogen) atoms. The van der Waals surface area contributed by atoms with Crippen LogP contribution in [0.4, 0.5) is 4.79 Å². The first kappa shape index (κ1) is 18.9. The zero-order chi connectivity index (χ0) is 18.4. The van der Waals surface area contributed by atoms with Crippen LogP contribution in [0.25, 0.3) is 0 Å². The molecular weight excluding hydrogens is 322 g/mol. The van der Waals surface area contributed by atoms with Gasteiger partial charge in [0, 0.05) is 30.7 Å². The van der Waals surface area contributed by atoms with E-state index in [2.05, 4.69) is 10.6 Å². The topological polar surface area (TPSA) is 79.9 Å². The zero-order valence-electron chi connectivity index (χ0n) is 15.3. The lowest BCUT2D eigenvalue weighted by atomic mass is 10.0. The molecule has 0 unspecified atom stereocenters. The lowest BCUT2D eigenvalue weighted by molar-refractivity contribution is 0.0917. The minimum absolute atomic E-state index is 0.0420. The van der Waals surface area contributed by atoms with Gasteiger partial charge in [-0.2, -0.15) is 0 Å². The molecule has 1 heterocycles. The van der Waals surface area contributed by atoms with E-state index in [4.69, 9.17) is 9.47 Å². The number of methoxy groups -OCH3 is 2. The molecule has 2 rings (SSSR count). The molecular formula is C18H27N3O4. The van der Waals surface area contributed by atoms with Crippen molar-refractivity contribution in [2.75, 3.05) is 27.3 Å². The number of likely N-dealkylation sites (tertiary alicyclic amines) is 1. The van der Waals surface area contributed by atoms with Gasteiger partial charge < -0.3 is 25.0 Å². The summed E-state index contributed by atoms with van der Waals surface area (Å²) in [4.78, 5) is 26.2. The predicted octanol–water partition coefficient (Wildman–Crippen LogP) is 2.02. The first-order valence-corrected chi connectivity index (χ1v) is 8.53. The molecule has 1 aliphatic rings. The van der Waals surface area contributed by atoms with Gasteiger partial charge in [-0.05, 0) is 44.9 Å². The van der Waals surface area contributed by atoms with Gasteiger partial charge in [0.25, 0.3) is 5.91 Å². The Morgan fingerprint density at radius 1 is 1.12 bits per heavy atom. The summed E-state index contributed by atoms with van der Waals surface area (Å²) in [6, 6.07) is 5.23. The highest BCUT2D eigenvalue weighted by Crippen LogP contribution is 2.27. The molecule has 1 aliphatic heterocycles. The second-order valence-corrected chi connectivity index (χ2v) is 6.41. The standard InChI is InChI=1S/C18H27N3O4/c1-12(2)19-18(23)21-9-7-14(8-10-21)20-17(22)13-5-6-15(24-3)16(11-13)25-4/h5-6,11-12,14H,7-10H2,1-4H3,(H,19,23)(H,20,22). The van der Waals surface area contributed by atoms with Crippen LogP contribution >= 0.6 is 0 Å². The van der Waals surface area contributed by atoms with Gasteiger partial charge in [-0.25, -0.2) is 4.79 Å². The summed E-state index contributed by atoms with van der Waals surface area (Å²) >= 11 is 0. The summed E-state index contributed by atoms with van der Waals surface area (Å²) < 4.78 is 10.4. The zero-order valence-corrected chi connectivity index (χ0v) is 15.3. The molecule has 1 aromatic rings. The number of nitrogens with one attached hydrogen (secondary N) is 2. The summed E-state index contributed by atoms with van der Waals surface area (Å²) in [5.74, 6) is 0.963. The molecule has 1 saturated heterocycles. The van der Waals surface area contributed by atoms with E-state index >= 15 is 0 Å². The van der Waals surface area contributed by atoms with E-state index in [1.54, 1.807) is 30.2 Å². The van der Waals surface area contributed by atoms with Crippen LogP contribution in [-0.2, 0) is 0 Å². The fraction of sp³-hybridized carbons (Fsp3) is 0.556. The van der Waals surface area contributed by atoms with Crippen molar-refractivity contribution in [3.8, 4) is 11.5 Å². The van der Waals surface area contributed by atoms with E-state index in [0.717, 1.165) is 12.8 Å². The fourth-order valence-corrected chi connectivity index (χ4v) is 2.81. The molecule has 1 aromatic carbocycles. The van der Waals surface area contributed by atoms with Crippen LogP contribution in [0.3, 0.4) is 0 Å². The highest BCUT2D eigenvalue weighted by Gasteiger charge is 2.24. The quantitative estimate of drug-likeness (QED) is 0.852.